The average molecular weight is 363 g/mol. The van der Waals surface area contributed by atoms with Crippen LogP contribution in [0.2, 0.25) is 0 Å². The first-order valence-corrected chi connectivity index (χ1v) is 9.97. The molecule has 0 saturated heterocycles. The maximum Gasteiger partial charge on any atom is 0.238 e. The molecule has 2 heteroatoms. The van der Waals surface area contributed by atoms with E-state index in [0.717, 1.165) is 17.1 Å². The van der Waals surface area contributed by atoms with Crippen molar-refractivity contribution in [2.75, 3.05) is 0 Å². The summed E-state index contributed by atoms with van der Waals surface area (Å²) in [5.74, 6) is 1.66. The van der Waals surface area contributed by atoms with E-state index in [1.807, 2.05) is 13.0 Å². The maximum atomic E-state index is 5.71. The SMILES string of the molecule is C/C(=C\c1ccc2c(c1)OC(C)O2)c1ccc2c(c1)C(C)(C)CCC2(C)C. The normalized spacial score (nSPS) is 22.4. The molecule has 0 spiro atoms. The molecule has 0 N–H and O–H groups in total. The van der Waals surface area contributed by atoms with Crippen LogP contribution in [0.5, 0.6) is 11.5 Å². The highest BCUT2D eigenvalue weighted by molar-refractivity contribution is 5.81. The fraction of sp³-hybridized carbons (Fsp3) is 0.440. The van der Waals surface area contributed by atoms with Gasteiger partial charge < -0.3 is 9.47 Å². The zero-order chi connectivity index (χ0) is 19.4. The first-order valence-electron chi connectivity index (χ1n) is 9.97. The summed E-state index contributed by atoms with van der Waals surface area (Å²) < 4.78 is 11.3. The zero-order valence-corrected chi connectivity index (χ0v) is 17.3. The molecule has 1 atom stereocenters. The van der Waals surface area contributed by atoms with E-state index in [4.69, 9.17) is 9.47 Å². The number of hydrogen-bond donors (Lipinski definition) is 0. The van der Waals surface area contributed by atoms with Gasteiger partial charge in [0, 0.05) is 6.92 Å². The minimum Gasteiger partial charge on any atom is -0.451 e. The van der Waals surface area contributed by atoms with Crippen LogP contribution in [0.1, 0.15) is 76.6 Å². The van der Waals surface area contributed by atoms with Gasteiger partial charge in [-0.25, -0.2) is 0 Å². The Labute approximate surface area is 163 Å². The lowest BCUT2D eigenvalue weighted by atomic mass is 9.63. The number of fused-ring (bicyclic) bond motifs is 2. The molecule has 1 aliphatic carbocycles. The second-order valence-electron chi connectivity index (χ2n) is 9.36. The van der Waals surface area contributed by atoms with Gasteiger partial charge in [0.25, 0.3) is 0 Å². The van der Waals surface area contributed by atoms with Gasteiger partial charge in [-0.2, -0.15) is 0 Å². The summed E-state index contributed by atoms with van der Waals surface area (Å²) in [5, 5.41) is 0. The monoisotopic (exact) mass is 362 g/mol. The van der Waals surface area contributed by atoms with Crippen LogP contribution in [-0.2, 0) is 10.8 Å². The second-order valence-corrected chi connectivity index (χ2v) is 9.36. The van der Waals surface area contributed by atoms with Gasteiger partial charge in [-0.3, -0.25) is 0 Å². The fourth-order valence-corrected chi connectivity index (χ4v) is 4.35. The number of ether oxygens (including phenoxy) is 2. The van der Waals surface area contributed by atoms with E-state index >= 15 is 0 Å². The topological polar surface area (TPSA) is 18.5 Å². The molecule has 1 unspecified atom stereocenters. The molecule has 2 aliphatic rings. The van der Waals surface area contributed by atoms with Gasteiger partial charge in [0.05, 0.1) is 0 Å². The van der Waals surface area contributed by atoms with Gasteiger partial charge in [0.1, 0.15) is 0 Å². The third kappa shape index (κ3) is 3.26. The van der Waals surface area contributed by atoms with Crippen molar-refractivity contribution in [3.8, 4) is 11.5 Å². The van der Waals surface area contributed by atoms with E-state index in [-0.39, 0.29) is 17.1 Å². The predicted octanol–water partition coefficient (Wildman–Crippen LogP) is 6.71. The molecular formula is C25H30O2. The smallest absolute Gasteiger partial charge is 0.238 e. The minimum atomic E-state index is -0.202. The van der Waals surface area contributed by atoms with E-state index in [9.17, 15) is 0 Å². The van der Waals surface area contributed by atoms with E-state index < -0.39 is 0 Å². The molecule has 1 heterocycles. The Kier molecular flexibility index (Phi) is 4.14. The van der Waals surface area contributed by atoms with Crippen LogP contribution in [0.15, 0.2) is 36.4 Å². The van der Waals surface area contributed by atoms with Crippen molar-refractivity contribution in [2.45, 2.75) is 71.5 Å². The molecular weight excluding hydrogens is 332 g/mol. The Morgan fingerprint density at radius 2 is 1.56 bits per heavy atom. The first-order chi connectivity index (χ1) is 12.7. The highest BCUT2D eigenvalue weighted by Crippen LogP contribution is 2.46. The van der Waals surface area contributed by atoms with Crippen molar-refractivity contribution in [3.63, 3.8) is 0 Å². The van der Waals surface area contributed by atoms with Gasteiger partial charge in [0.15, 0.2) is 11.5 Å². The summed E-state index contributed by atoms with van der Waals surface area (Å²) in [5.41, 5.74) is 7.21. The van der Waals surface area contributed by atoms with Gasteiger partial charge in [0.2, 0.25) is 6.29 Å². The summed E-state index contributed by atoms with van der Waals surface area (Å²) in [6.45, 7) is 13.6. The third-order valence-electron chi connectivity index (χ3n) is 6.24. The van der Waals surface area contributed by atoms with Gasteiger partial charge >= 0.3 is 0 Å². The number of rotatable bonds is 2. The third-order valence-corrected chi connectivity index (χ3v) is 6.24. The first kappa shape index (κ1) is 18.2. The van der Waals surface area contributed by atoms with Gasteiger partial charge in [-0.05, 0) is 70.6 Å². The fourth-order valence-electron chi connectivity index (χ4n) is 4.35. The van der Waals surface area contributed by atoms with Crippen LogP contribution in [0.4, 0.5) is 0 Å². The van der Waals surface area contributed by atoms with Crippen molar-refractivity contribution < 1.29 is 9.47 Å². The Morgan fingerprint density at radius 1 is 0.889 bits per heavy atom. The molecule has 2 aromatic rings. The van der Waals surface area contributed by atoms with E-state index in [1.54, 1.807) is 0 Å². The lowest BCUT2D eigenvalue weighted by Crippen LogP contribution is -2.33. The quantitative estimate of drug-likeness (QED) is 0.553. The Bertz CT molecular complexity index is 918. The summed E-state index contributed by atoms with van der Waals surface area (Å²) in [6.07, 6.45) is 4.51. The maximum absolute atomic E-state index is 5.71. The van der Waals surface area contributed by atoms with Crippen LogP contribution in [0, 0.1) is 0 Å². The van der Waals surface area contributed by atoms with Crippen LogP contribution in [-0.4, -0.2) is 6.29 Å². The highest BCUT2D eigenvalue weighted by atomic mass is 16.7. The zero-order valence-electron chi connectivity index (χ0n) is 17.3. The van der Waals surface area contributed by atoms with Crippen molar-refractivity contribution in [1.29, 1.82) is 0 Å². The van der Waals surface area contributed by atoms with E-state index in [1.165, 1.54) is 35.1 Å². The molecule has 0 aromatic heterocycles. The molecule has 142 valence electrons. The largest absolute Gasteiger partial charge is 0.451 e. The molecule has 0 radical (unpaired) electrons. The van der Waals surface area contributed by atoms with Crippen molar-refractivity contribution in [3.05, 3.63) is 58.7 Å². The number of hydrogen-bond acceptors (Lipinski definition) is 2. The molecule has 0 amide bonds. The predicted molar refractivity (Wildman–Crippen MR) is 112 cm³/mol. The van der Waals surface area contributed by atoms with Crippen LogP contribution in [0.25, 0.3) is 11.6 Å². The summed E-state index contributed by atoms with van der Waals surface area (Å²) >= 11 is 0. The Hall–Kier alpha value is -2.22. The highest BCUT2D eigenvalue weighted by Gasteiger charge is 2.36. The van der Waals surface area contributed by atoms with Crippen LogP contribution in [0.3, 0.4) is 0 Å². The molecule has 0 fully saturated rings. The molecule has 27 heavy (non-hydrogen) atoms. The van der Waals surface area contributed by atoms with Crippen LogP contribution < -0.4 is 9.47 Å². The van der Waals surface area contributed by atoms with E-state index in [0.29, 0.717) is 0 Å². The summed E-state index contributed by atoms with van der Waals surface area (Å²) in [4.78, 5) is 0. The van der Waals surface area contributed by atoms with Gasteiger partial charge in [-0.15, -0.1) is 0 Å². The van der Waals surface area contributed by atoms with Crippen molar-refractivity contribution in [2.24, 2.45) is 0 Å². The standard InChI is InChI=1S/C25H30O2/c1-16(13-18-7-10-22-23(14-18)27-17(2)26-22)19-8-9-20-21(15-19)25(5,6)12-11-24(20,3)4/h7-10,13-15,17H,11-12H2,1-6H3/b16-13+. The molecule has 0 bridgehead atoms. The van der Waals surface area contributed by atoms with Crippen LogP contribution >= 0.6 is 0 Å². The Balaban J connectivity index is 1.70. The lowest BCUT2D eigenvalue weighted by Gasteiger charge is -2.42. The van der Waals surface area contributed by atoms with E-state index in [2.05, 4.69) is 71.0 Å². The summed E-state index contributed by atoms with van der Waals surface area (Å²) in [6, 6.07) is 13.2. The lowest BCUT2D eigenvalue weighted by molar-refractivity contribution is 0.0678. The van der Waals surface area contributed by atoms with Gasteiger partial charge in [-0.1, -0.05) is 58.0 Å². The Morgan fingerprint density at radius 3 is 2.30 bits per heavy atom. The number of benzene rings is 2. The molecule has 0 saturated carbocycles. The summed E-state index contributed by atoms with van der Waals surface area (Å²) in [7, 11) is 0. The average Bonchev–Trinajstić information content (AvgIpc) is 2.98. The van der Waals surface area contributed by atoms with Crippen molar-refractivity contribution in [1.82, 2.24) is 0 Å². The molecule has 1 aliphatic heterocycles. The molecule has 2 aromatic carbocycles. The minimum absolute atomic E-state index is 0.202. The molecule has 4 rings (SSSR count). The number of allylic oxidation sites excluding steroid dienone is 1. The molecule has 2 nitrogen and oxygen atoms in total. The second kappa shape index (κ2) is 6.15. The van der Waals surface area contributed by atoms with Crippen molar-refractivity contribution >= 4 is 11.6 Å².